The van der Waals surface area contributed by atoms with Crippen molar-refractivity contribution in [2.75, 3.05) is 13.7 Å². The quantitative estimate of drug-likeness (QED) is 0.912. The van der Waals surface area contributed by atoms with Gasteiger partial charge in [-0.05, 0) is 30.5 Å². The van der Waals surface area contributed by atoms with Crippen LogP contribution in [0.3, 0.4) is 0 Å². The molecular weight excluding hydrogens is 294 g/mol. The molecule has 0 saturated heterocycles. The average molecular weight is 315 g/mol. The maximum absolute atomic E-state index is 12.4. The lowest BCUT2D eigenvalue weighted by atomic mass is 10.0. The zero-order chi connectivity index (χ0) is 16.4. The molecule has 0 radical (unpaired) electrons. The number of nitrogens with zero attached hydrogens (tertiary/aromatic N) is 2. The van der Waals surface area contributed by atoms with Gasteiger partial charge in [0.25, 0.3) is 5.91 Å². The van der Waals surface area contributed by atoms with E-state index in [-0.39, 0.29) is 11.9 Å². The van der Waals surface area contributed by atoms with Crippen molar-refractivity contribution >= 4 is 5.91 Å². The Hall–Kier alpha value is -2.50. The zero-order valence-electron chi connectivity index (χ0n) is 13.6. The molecule has 6 heteroatoms. The summed E-state index contributed by atoms with van der Waals surface area (Å²) in [5.74, 6) is 1.14. The fourth-order valence-electron chi connectivity index (χ4n) is 2.85. The largest absolute Gasteiger partial charge is 0.493 e. The molecule has 0 spiro atoms. The molecule has 1 amide bonds. The van der Waals surface area contributed by atoms with Crippen LogP contribution in [0.25, 0.3) is 0 Å². The van der Waals surface area contributed by atoms with Gasteiger partial charge >= 0.3 is 0 Å². The van der Waals surface area contributed by atoms with Crippen LogP contribution in [0.15, 0.2) is 24.4 Å². The summed E-state index contributed by atoms with van der Waals surface area (Å²) < 4.78 is 12.2. The van der Waals surface area contributed by atoms with Crippen LogP contribution in [-0.2, 0) is 19.9 Å². The van der Waals surface area contributed by atoms with E-state index in [1.54, 1.807) is 17.9 Å². The molecule has 3 rings (SSSR count). The Morgan fingerprint density at radius 2 is 2.35 bits per heavy atom. The van der Waals surface area contributed by atoms with Crippen LogP contribution in [0.5, 0.6) is 11.6 Å². The Morgan fingerprint density at radius 1 is 1.52 bits per heavy atom. The van der Waals surface area contributed by atoms with E-state index in [2.05, 4.69) is 22.5 Å². The van der Waals surface area contributed by atoms with Crippen molar-refractivity contribution in [2.45, 2.75) is 25.8 Å². The summed E-state index contributed by atoms with van der Waals surface area (Å²) in [6.45, 7) is 2.75. The number of rotatable bonds is 5. The Balaban J connectivity index is 1.64. The zero-order valence-corrected chi connectivity index (χ0v) is 13.6. The van der Waals surface area contributed by atoms with E-state index < -0.39 is 0 Å². The number of aromatic nitrogens is 2. The van der Waals surface area contributed by atoms with Crippen LogP contribution in [0.4, 0.5) is 0 Å². The number of benzene rings is 1. The number of nitrogens with one attached hydrogen (secondary N) is 1. The number of ether oxygens (including phenoxy) is 2. The number of methoxy groups -OCH3 is 1. The highest BCUT2D eigenvalue weighted by atomic mass is 16.5. The third kappa shape index (κ3) is 3.31. The van der Waals surface area contributed by atoms with Gasteiger partial charge in [0.15, 0.2) is 0 Å². The fourth-order valence-corrected chi connectivity index (χ4v) is 2.85. The van der Waals surface area contributed by atoms with Gasteiger partial charge in [-0.15, -0.1) is 5.10 Å². The highest BCUT2D eigenvalue weighted by molar-refractivity contribution is 5.96. The lowest BCUT2D eigenvalue weighted by molar-refractivity contribution is 0.0937. The van der Waals surface area contributed by atoms with Gasteiger partial charge in [-0.2, -0.15) is 0 Å². The van der Waals surface area contributed by atoms with Crippen molar-refractivity contribution in [3.05, 3.63) is 41.1 Å². The van der Waals surface area contributed by atoms with E-state index in [0.717, 1.165) is 25.2 Å². The van der Waals surface area contributed by atoms with Gasteiger partial charge in [-0.25, -0.2) is 0 Å². The number of fused-ring (bicyclic) bond motifs is 1. The SMILES string of the molecule is COc1nn(C)cc1C(=O)NC(C)Cc1ccc2c(c1)CCO2. The van der Waals surface area contributed by atoms with Gasteiger partial charge in [0.2, 0.25) is 5.88 Å². The molecule has 122 valence electrons. The van der Waals surface area contributed by atoms with Crippen LogP contribution < -0.4 is 14.8 Å². The molecule has 1 aliphatic heterocycles. The monoisotopic (exact) mass is 315 g/mol. The summed E-state index contributed by atoms with van der Waals surface area (Å²) in [7, 11) is 3.27. The van der Waals surface area contributed by atoms with E-state index in [4.69, 9.17) is 9.47 Å². The molecular formula is C17H21N3O3. The summed E-state index contributed by atoms with van der Waals surface area (Å²) in [5.41, 5.74) is 2.89. The number of carbonyl (C=O) groups is 1. The molecule has 0 bridgehead atoms. The first-order valence-electron chi connectivity index (χ1n) is 7.70. The molecule has 1 aromatic heterocycles. The van der Waals surface area contributed by atoms with Crippen molar-refractivity contribution in [2.24, 2.45) is 7.05 Å². The smallest absolute Gasteiger partial charge is 0.258 e. The minimum absolute atomic E-state index is 0.00721. The maximum Gasteiger partial charge on any atom is 0.258 e. The van der Waals surface area contributed by atoms with Crippen molar-refractivity contribution in [1.82, 2.24) is 15.1 Å². The van der Waals surface area contributed by atoms with E-state index in [9.17, 15) is 4.79 Å². The molecule has 1 N–H and O–H groups in total. The number of hydrogen-bond donors (Lipinski definition) is 1. The third-order valence-electron chi connectivity index (χ3n) is 3.91. The number of aryl methyl sites for hydroxylation is 1. The summed E-state index contributed by atoms with van der Waals surface area (Å²) in [4.78, 5) is 12.4. The summed E-state index contributed by atoms with van der Waals surface area (Å²) in [5, 5.41) is 7.10. The summed E-state index contributed by atoms with van der Waals surface area (Å²) in [6.07, 6.45) is 3.38. The third-order valence-corrected chi connectivity index (χ3v) is 3.91. The minimum atomic E-state index is -0.174. The highest BCUT2D eigenvalue weighted by Gasteiger charge is 2.19. The van der Waals surface area contributed by atoms with E-state index in [1.165, 1.54) is 18.2 Å². The van der Waals surface area contributed by atoms with Gasteiger partial charge in [-0.1, -0.05) is 12.1 Å². The fraction of sp³-hybridized carbons (Fsp3) is 0.412. The van der Waals surface area contributed by atoms with Gasteiger partial charge in [0, 0.05) is 25.7 Å². The normalized spacial score (nSPS) is 14.0. The highest BCUT2D eigenvalue weighted by Crippen LogP contribution is 2.26. The molecule has 1 aliphatic rings. The first kappa shape index (κ1) is 15.4. The summed E-state index contributed by atoms with van der Waals surface area (Å²) in [6, 6.07) is 6.23. The topological polar surface area (TPSA) is 65.4 Å². The van der Waals surface area contributed by atoms with Crippen LogP contribution >= 0.6 is 0 Å². The first-order valence-corrected chi connectivity index (χ1v) is 7.70. The Morgan fingerprint density at radius 3 is 3.13 bits per heavy atom. The summed E-state index contributed by atoms with van der Waals surface area (Å²) >= 11 is 0. The second-order valence-corrected chi connectivity index (χ2v) is 5.84. The average Bonchev–Trinajstić information content (AvgIpc) is 3.12. The number of carbonyl (C=O) groups excluding carboxylic acids is 1. The lowest BCUT2D eigenvalue weighted by Crippen LogP contribution is -2.34. The number of hydrogen-bond acceptors (Lipinski definition) is 4. The van der Waals surface area contributed by atoms with Crippen LogP contribution in [0.2, 0.25) is 0 Å². The van der Waals surface area contributed by atoms with Crippen molar-refractivity contribution in [1.29, 1.82) is 0 Å². The molecule has 1 unspecified atom stereocenters. The number of amides is 1. The van der Waals surface area contributed by atoms with Crippen molar-refractivity contribution < 1.29 is 14.3 Å². The van der Waals surface area contributed by atoms with E-state index >= 15 is 0 Å². The standard InChI is InChI=1S/C17H21N3O3/c1-11(8-12-4-5-15-13(9-12)6-7-23-15)18-16(21)14-10-20(2)19-17(14)22-3/h4-5,9-11H,6-8H2,1-3H3,(H,18,21). The van der Waals surface area contributed by atoms with E-state index in [0.29, 0.717) is 11.4 Å². The minimum Gasteiger partial charge on any atom is -0.493 e. The first-order chi connectivity index (χ1) is 11.1. The molecule has 6 nitrogen and oxygen atoms in total. The molecule has 1 atom stereocenters. The molecule has 0 saturated carbocycles. The van der Waals surface area contributed by atoms with Gasteiger partial charge < -0.3 is 14.8 Å². The second kappa shape index (κ2) is 6.32. The molecule has 2 heterocycles. The molecule has 0 aliphatic carbocycles. The van der Waals surface area contributed by atoms with Crippen LogP contribution in [0.1, 0.15) is 28.4 Å². The predicted octanol–water partition coefficient (Wildman–Crippen LogP) is 1.72. The van der Waals surface area contributed by atoms with Crippen molar-refractivity contribution in [3.8, 4) is 11.6 Å². The Kier molecular flexibility index (Phi) is 4.23. The van der Waals surface area contributed by atoms with Crippen molar-refractivity contribution in [3.63, 3.8) is 0 Å². The van der Waals surface area contributed by atoms with E-state index in [1.807, 2.05) is 13.0 Å². The van der Waals surface area contributed by atoms with Crippen LogP contribution in [-0.4, -0.2) is 35.4 Å². The van der Waals surface area contributed by atoms with Gasteiger partial charge in [-0.3, -0.25) is 9.48 Å². The molecule has 2 aromatic rings. The molecule has 0 fully saturated rings. The van der Waals surface area contributed by atoms with Gasteiger partial charge in [0.05, 0.1) is 13.7 Å². The Bertz CT molecular complexity index is 724. The molecule has 1 aromatic carbocycles. The predicted molar refractivity (Wildman–Crippen MR) is 86.0 cm³/mol. The second-order valence-electron chi connectivity index (χ2n) is 5.84. The van der Waals surface area contributed by atoms with Crippen LogP contribution in [0, 0.1) is 0 Å². The molecule has 23 heavy (non-hydrogen) atoms. The Labute approximate surface area is 135 Å². The maximum atomic E-state index is 12.4. The van der Waals surface area contributed by atoms with Gasteiger partial charge in [0.1, 0.15) is 11.3 Å². The lowest BCUT2D eigenvalue weighted by Gasteiger charge is -2.14.